The first-order chi connectivity index (χ1) is 12.4. The summed E-state index contributed by atoms with van der Waals surface area (Å²) in [4.78, 5) is 6.62. The third kappa shape index (κ3) is 2.88. The first kappa shape index (κ1) is 17.4. The molecule has 3 nitrogen and oxygen atoms in total. The van der Waals surface area contributed by atoms with Crippen LogP contribution in [0.5, 0.6) is 0 Å². The molecule has 4 rings (SSSR count). The van der Waals surface area contributed by atoms with E-state index in [1.165, 1.54) is 5.56 Å². The van der Waals surface area contributed by atoms with Crippen molar-refractivity contribution in [2.24, 2.45) is 0 Å². The number of hydrogen-bond donors (Lipinski definition) is 0. The number of rotatable bonds is 2. The van der Waals surface area contributed by atoms with Gasteiger partial charge in [0, 0.05) is 28.7 Å². The van der Waals surface area contributed by atoms with Gasteiger partial charge in [-0.2, -0.15) is 8.78 Å². The van der Waals surface area contributed by atoms with E-state index in [2.05, 4.69) is 36.7 Å². The molecule has 1 saturated heterocycles. The molecule has 0 aliphatic carbocycles. The zero-order valence-electron chi connectivity index (χ0n) is 15.5. The van der Waals surface area contributed by atoms with Crippen LogP contribution in [0.4, 0.5) is 8.78 Å². The molecule has 1 aromatic carbocycles. The summed E-state index contributed by atoms with van der Waals surface area (Å²) >= 11 is 0. The number of halogens is 2. The molecule has 0 atom stereocenters. The predicted molar refractivity (Wildman–Crippen MR) is 102 cm³/mol. The molecule has 1 aliphatic rings. The summed E-state index contributed by atoms with van der Waals surface area (Å²) in [5.41, 5.74) is 2.51. The van der Waals surface area contributed by atoms with Crippen LogP contribution in [-0.4, -0.2) is 33.1 Å². The number of pyridine rings is 1. The summed E-state index contributed by atoms with van der Waals surface area (Å²) in [6.07, 6.45) is 5.39. The van der Waals surface area contributed by atoms with Crippen LogP contribution in [0, 0.1) is 0 Å². The van der Waals surface area contributed by atoms with Gasteiger partial charge in [-0.25, -0.2) is 0 Å². The van der Waals surface area contributed by atoms with Crippen molar-refractivity contribution in [2.45, 2.75) is 51.6 Å². The SMILES string of the molecule is CC(C)(C)N1CCC(c2ccc3c4cnccc4n(C(F)F)c3c2)CC1. The second-order valence-electron chi connectivity index (χ2n) is 8.25. The van der Waals surface area contributed by atoms with Gasteiger partial charge in [0.2, 0.25) is 0 Å². The molecule has 3 aromatic rings. The Bertz CT molecular complexity index is 931. The Labute approximate surface area is 152 Å². The molecule has 0 bridgehead atoms. The third-order valence-corrected chi connectivity index (χ3v) is 5.74. The summed E-state index contributed by atoms with van der Waals surface area (Å²) in [5, 5.41) is 1.64. The number of alkyl halides is 2. The Balaban J connectivity index is 1.72. The average Bonchev–Trinajstić information content (AvgIpc) is 2.95. The molecule has 5 heteroatoms. The largest absolute Gasteiger partial charge is 0.319 e. The highest BCUT2D eigenvalue weighted by Gasteiger charge is 2.28. The molecule has 0 saturated carbocycles. The Hall–Kier alpha value is -2.01. The molecule has 138 valence electrons. The van der Waals surface area contributed by atoms with Crippen molar-refractivity contribution >= 4 is 21.8 Å². The summed E-state index contributed by atoms with van der Waals surface area (Å²) in [5.74, 6) is 0.431. The maximum absolute atomic E-state index is 13.8. The van der Waals surface area contributed by atoms with Crippen LogP contribution in [0.25, 0.3) is 21.8 Å². The molecule has 0 N–H and O–H groups in total. The Morgan fingerprint density at radius 2 is 1.77 bits per heavy atom. The zero-order chi connectivity index (χ0) is 18.5. The van der Waals surface area contributed by atoms with Crippen molar-refractivity contribution < 1.29 is 8.78 Å². The van der Waals surface area contributed by atoms with Crippen LogP contribution in [0.3, 0.4) is 0 Å². The lowest BCUT2D eigenvalue weighted by atomic mass is 9.87. The monoisotopic (exact) mass is 357 g/mol. The highest BCUT2D eigenvalue weighted by atomic mass is 19.3. The predicted octanol–water partition coefficient (Wildman–Crippen LogP) is 5.56. The minimum Gasteiger partial charge on any atom is -0.298 e. The fourth-order valence-corrected chi connectivity index (χ4v) is 4.26. The number of benzene rings is 1. The normalized spacial score (nSPS) is 17.6. The molecule has 3 heterocycles. The van der Waals surface area contributed by atoms with E-state index >= 15 is 0 Å². The Morgan fingerprint density at radius 3 is 2.42 bits per heavy atom. The fourth-order valence-electron chi connectivity index (χ4n) is 4.26. The Kier molecular flexibility index (Phi) is 4.22. The third-order valence-electron chi connectivity index (χ3n) is 5.74. The molecule has 26 heavy (non-hydrogen) atoms. The molecule has 0 spiro atoms. The van der Waals surface area contributed by atoms with E-state index in [0.717, 1.165) is 41.3 Å². The number of hydrogen-bond acceptors (Lipinski definition) is 2. The Morgan fingerprint density at radius 1 is 1.04 bits per heavy atom. The first-order valence-electron chi connectivity index (χ1n) is 9.27. The summed E-state index contributed by atoms with van der Waals surface area (Å²) in [6.45, 7) is 6.27. The number of aromatic nitrogens is 2. The van der Waals surface area contributed by atoms with Crippen LogP contribution in [0.2, 0.25) is 0 Å². The van der Waals surface area contributed by atoms with E-state index < -0.39 is 6.55 Å². The van der Waals surface area contributed by atoms with Gasteiger partial charge in [0.15, 0.2) is 0 Å². The second-order valence-corrected chi connectivity index (χ2v) is 8.25. The molecular weight excluding hydrogens is 332 g/mol. The second kappa shape index (κ2) is 6.31. The lowest BCUT2D eigenvalue weighted by Crippen LogP contribution is -2.45. The fraction of sp³-hybridized carbons (Fsp3) is 0.476. The van der Waals surface area contributed by atoms with Gasteiger partial charge in [-0.15, -0.1) is 0 Å². The topological polar surface area (TPSA) is 21.1 Å². The van der Waals surface area contributed by atoms with E-state index in [-0.39, 0.29) is 5.54 Å². The van der Waals surface area contributed by atoms with Gasteiger partial charge in [-0.1, -0.05) is 12.1 Å². The van der Waals surface area contributed by atoms with Crippen LogP contribution in [0.1, 0.15) is 51.6 Å². The van der Waals surface area contributed by atoms with Gasteiger partial charge in [0.1, 0.15) is 0 Å². The lowest BCUT2D eigenvalue weighted by Gasteiger charge is -2.41. The molecule has 0 unspecified atom stereocenters. The van der Waals surface area contributed by atoms with E-state index in [4.69, 9.17) is 0 Å². The van der Waals surface area contributed by atoms with Crippen LogP contribution in [-0.2, 0) is 0 Å². The van der Waals surface area contributed by atoms with E-state index in [1.807, 2.05) is 12.1 Å². The van der Waals surface area contributed by atoms with Crippen molar-refractivity contribution in [1.82, 2.24) is 14.5 Å². The maximum Gasteiger partial charge on any atom is 0.319 e. The molecule has 0 radical (unpaired) electrons. The van der Waals surface area contributed by atoms with Gasteiger partial charge >= 0.3 is 6.55 Å². The van der Waals surface area contributed by atoms with Gasteiger partial charge in [-0.3, -0.25) is 14.5 Å². The molecule has 2 aromatic heterocycles. The van der Waals surface area contributed by atoms with Crippen LogP contribution < -0.4 is 0 Å². The highest BCUT2D eigenvalue weighted by Crippen LogP contribution is 2.37. The summed E-state index contributed by atoms with van der Waals surface area (Å²) in [6, 6.07) is 7.74. The lowest BCUT2D eigenvalue weighted by molar-refractivity contribution is 0.0796. The number of piperidine rings is 1. The number of likely N-dealkylation sites (tertiary alicyclic amines) is 1. The molecule has 1 aliphatic heterocycles. The van der Waals surface area contributed by atoms with E-state index in [1.54, 1.807) is 18.5 Å². The number of nitrogens with zero attached hydrogens (tertiary/aromatic N) is 3. The number of fused-ring (bicyclic) bond motifs is 3. The standard InChI is InChI=1S/C21H25F2N3/c1-21(2,3)25-10-7-14(8-11-25)15-4-5-16-17-13-24-9-6-18(17)26(20(22)23)19(16)12-15/h4-6,9,12-14,20H,7-8,10-11H2,1-3H3. The summed E-state index contributed by atoms with van der Waals surface area (Å²) < 4.78 is 28.6. The van der Waals surface area contributed by atoms with Crippen molar-refractivity contribution in [3.63, 3.8) is 0 Å². The first-order valence-corrected chi connectivity index (χ1v) is 9.27. The van der Waals surface area contributed by atoms with Gasteiger partial charge < -0.3 is 0 Å². The van der Waals surface area contributed by atoms with Gasteiger partial charge in [0.25, 0.3) is 0 Å². The molecule has 0 amide bonds. The van der Waals surface area contributed by atoms with E-state index in [9.17, 15) is 8.78 Å². The quantitative estimate of drug-likeness (QED) is 0.598. The maximum atomic E-state index is 13.8. The van der Waals surface area contributed by atoms with Crippen molar-refractivity contribution in [3.8, 4) is 0 Å². The van der Waals surface area contributed by atoms with Crippen molar-refractivity contribution in [3.05, 3.63) is 42.2 Å². The van der Waals surface area contributed by atoms with E-state index in [0.29, 0.717) is 17.0 Å². The summed E-state index contributed by atoms with van der Waals surface area (Å²) in [7, 11) is 0. The molecule has 1 fully saturated rings. The van der Waals surface area contributed by atoms with Crippen LogP contribution in [0.15, 0.2) is 36.7 Å². The molecular formula is C21H25F2N3. The highest BCUT2D eigenvalue weighted by molar-refractivity contribution is 6.07. The van der Waals surface area contributed by atoms with Gasteiger partial charge in [0.05, 0.1) is 11.0 Å². The van der Waals surface area contributed by atoms with Gasteiger partial charge in [-0.05, 0) is 70.3 Å². The van der Waals surface area contributed by atoms with Crippen molar-refractivity contribution in [2.75, 3.05) is 13.1 Å². The minimum absolute atomic E-state index is 0.185. The smallest absolute Gasteiger partial charge is 0.298 e. The van der Waals surface area contributed by atoms with Crippen molar-refractivity contribution in [1.29, 1.82) is 0 Å². The average molecular weight is 357 g/mol. The van der Waals surface area contributed by atoms with Crippen LogP contribution >= 0.6 is 0 Å². The zero-order valence-corrected chi connectivity index (χ0v) is 15.5. The minimum atomic E-state index is -2.56.